The first-order valence-electron chi connectivity index (χ1n) is 8.47. The number of H-pyrrole nitrogens is 1. The molecule has 1 atom stereocenters. The number of fused-ring (bicyclic) bond motifs is 1. The molecule has 152 valence electrons. The number of benzene rings is 1. The first-order valence-corrected chi connectivity index (χ1v) is 8.47. The summed E-state index contributed by atoms with van der Waals surface area (Å²) in [5.74, 6) is 0.521. The summed E-state index contributed by atoms with van der Waals surface area (Å²) < 4.78 is 5.54. The number of nitrogens with one attached hydrogen (secondary N) is 4. The molecule has 0 aliphatic carbocycles. The normalized spacial score (nSPS) is 15.0. The number of nitrogens with zero attached hydrogens (tertiary/aromatic N) is 3. The monoisotopic (exact) mass is 416 g/mol. The third-order valence-electron chi connectivity index (χ3n) is 4.01. The number of ether oxygens (including phenoxy) is 1. The van der Waals surface area contributed by atoms with Crippen LogP contribution >= 0.6 is 13.5 Å². The molecular weight excluding hydrogens is 396 g/mol. The molecule has 3 heterocycles. The van der Waals surface area contributed by atoms with E-state index >= 15 is 0 Å². The molecule has 3 aromatic rings. The Kier molecular flexibility index (Phi) is 6.04. The van der Waals surface area contributed by atoms with Crippen molar-refractivity contribution in [2.45, 2.75) is 6.10 Å². The number of hydrogen-bond donors (Lipinski definition) is 6. The van der Waals surface area contributed by atoms with Crippen LogP contribution in [-0.4, -0.2) is 50.4 Å². The second-order valence-electron chi connectivity index (χ2n) is 6.11. The fraction of sp³-hybridized carbons (Fsp3) is 0.176. The van der Waals surface area contributed by atoms with Crippen molar-refractivity contribution in [1.82, 2.24) is 20.2 Å². The molecule has 0 bridgehead atoms. The van der Waals surface area contributed by atoms with Gasteiger partial charge < -0.3 is 31.5 Å². The summed E-state index contributed by atoms with van der Waals surface area (Å²) in [5, 5.41) is 25.4. The molecule has 4 rings (SSSR count). The quantitative estimate of drug-likeness (QED) is 0.357. The number of carbonyl (C=O) groups is 1. The molecular formula is C17H20N8O3S. The van der Waals surface area contributed by atoms with Gasteiger partial charge in [0, 0.05) is 24.6 Å². The third kappa shape index (κ3) is 4.67. The highest BCUT2D eigenvalue weighted by Crippen LogP contribution is 2.31. The topological polar surface area (TPSA) is 163 Å². The number of aliphatic hydroxyl groups is 1. The van der Waals surface area contributed by atoms with Crippen molar-refractivity contribution in [1.29, 1.82) is 0 Å². The van der Waals surface area contributed by atoms with E-state index in [1.165, 1.54) is 6.20 Å². The highest BCUT2D eigenvalue weighted by molar-refractivity contribution is 7.59. The lowest BCUT2D eigenvalue weighted by atomic mass is 10.2. The third-order valence-corrected chi connectivity index (χ3v) is 4.01. The largest absolute Gasteiger partial charge is 0.489 e. The minimum absolute atomic E-state index is 0. The van der Waals surface area contributed by atoms with Crippen LogP contribution in [0.3, 0.4) is 0 Å². The summed E-state index contributed by atoms with van der Waals surface area (Å²) in [4.78, 5) is 20.1. The zero-order valence-electron chi connectivity index (χ0n) is 15.1. The predicted molar refractivity (Wildman–Crippen MR) is 113 cm³/mol. The number of β-amino-alcohol motifs (C(OH)–C–C–N with tert-alkyl or cyclic N) is 1. The average molecular weight is 416 g/mol. The summed E-state index contributed by atoms with van der Waals surface area (Å²) >= 11 is 0. The van der Waals surface area contributed by atoms with Crippen LogP contribution in [0.15, 0.2) is 36.8 Å². The van der Waals surface area contributed by atoms with Gasteiger partial charge in [0.2, 0.25) is 5.95 Å². The fourth-order valence-electron chi connectivity index (χ4n) is 2.65. The van der Waals surface area contributed by atoms with Crippen molar-refractivity contribution in [2.24, 2.45) is 5.73 Å². The number of aromatic nitrogens is 4. The molecule has 12 heteroatoms. The fourth-order valence-corrected chi connectivity index (χ4v) is 2.65. The molecule has 0 radical (unpaired) electrons. The maximum absolute atomic E-state index is 11.7. The van der Waals surface area contributed by atoms with Gasteiger partial charge in [0.1, 0.15) is 29.8 Å². The second kappa shape index (κ2) is 8.67. The zero-order chi connectivity index (χ0) is 19.5. The number of carbonyl (C=O) groups excluding carboxylic acids is 1. The molecule has 7 N–H and O–H groups in total. The van der Waals surface area contributed by atoms with Crippen LogP contribution in [0.4, 0.5) is 28.8 Å². The Bertz CT molecular complexity index is 998. The number of nitrogens with two attached hydrogens (primary N) is 1. The molecule has 0 saturated carbocycles. The van der Waals surface area contributed by atoms with Gasteiger partial charge in [0.05, 0.1) is 17.6 Å². The first kappa shape index (κ1) is 20.2. The molecule has 29 heavy (non-hydrogen) atoms. The van der Waals surface area contributed by atoms with E-state index in [1.54, 1.807) is 24.5 Å². The molecule has 11 nitrogen and oxygen atoms in total. The van der Waals surface area contributed by atoms with E-state index < -0.39 is 12.0 Å². The van der Waals surface area contributed by atoms with Crippen LogP contribution in [0.25, 0.3) is 0 Å². The van der Waals surface area contributed by atoms with Crippen LogP contribution in [-0.2, 0) is 0 Å². The number of aromatic amines is 1. The van der Waals surface area contributed by atoms with Crippen LogP contribution in [0.5, 0.6) is 5.75 Å². The van der Waals surface area contributed by atoms with Gasteiger partial charge in [-0.05, 0) is 18.2 Å². The van der Waals surface area contributed by atoms with Crippen LogP contribution in [0, 0.1) is 0 Å². The molecule has 0 fully saturated rings. The van der Waals surface area contributed by atoms with E-state index in [0.29, 0.717) is 23.7 Å². The van der Waals surface area contributed by atoms with Crippen molar-refractivity contribution in [2.75, 3.05) is 29.1 Å². The van der Waals surface area contributed by atoms with Crippen molar-refractivity contribution < 1.29 is 14.6 Å². The van der Waals surface area contributed by atoms with Crippen LogP contribution in [0.1, 0.15) is 10.4 Å². The summed E-state index contributed by atoms with van der Waals surface area (Å²) in [5.41, 5.74) is 7.62. The highest BCUT2D eigenvalue weighted by Gasteiger charge is 2.16. The van der Waals surface area contributed by atoms with E-state index in [1.807, 2.05) is 6.07 Å². The van der Waals surface area contributed by atoms with Crippen molar-refractivity contribution in [3.05, 3.63) is 42.4 Å². The van der Waals surface area contributed by atoms with E-state index in [0.717, 1.165) is 5.69 Å². The van der Waals surface area contributed by atoms with Crippen molar-refractivity contribution >= 4 is 48.2 Å². The smallest absolute Gasteiger partial charge is 0.254 e. The Labute approximate surface area is 172 Å². The van der Waals surface area contributed by atoms with Crippen molar-refractivity contribution in [3.8, 4) is 5.75 Å². The van der Waals surface area contributed by atoms with Gasteiger partial charge in [-0.3, -0.25) is 9.89 Å². The van der Waals surface area contributed by atoms with E-state index in [-0.39, 0.29) is 37.4 Å². The minimum Gasteiger partial charge on any atom is -0.489 e. The molecule has 1 aliphatic rings. The molecule has 1 aromatic carbocycles. The molecule has 1 aliphatic heterocycles. The first-order chi connectivity index (χ1) is 13.6. The second-order valence-corrected chi connectivity index (χ2v) is 6.11. The number of amides is 1. The van der Waals surface area contributed by atoms with Gasteiger partial charge in [0.25, 0.3) is 5.91 Å². The number of aliphatic hydroxyl groups excluding tert-OH is 1. The summed E-state index contributed by atoms with van der Waals surface area (Å²) in [6, 6.07) is 5.40. The van der Waals surface area contributed by atoms with Crippen LogP contribution < -0.4 is 26.4 Å². The molecule has 2 aromatic heterocycles. The van der Waals surface area contributed by atoms with Gasteiger partial charge in [0.15, 0.2) is 0 Å². The van der Waals surface area contributed by atoms with E-state index in [4.69, 9.17) is 10.5 Å². The predicted octanol–water partition coefficient (Wildman–Crippen LogP) is 1.06. The maximum atomic E-state index is 11.7. The zero-order valence-corrected chi connectivity index (χ0v) is 16.1. The SMILES string of the molecule is NC(=O)c1cnc(Nc2ccc3c(c2)NC[C@H](O)CO3)nc1Nc1cn[nH]c1.S. The molecule has 1 amide bonds. The number of primary amides is 1. The minimum atomic E-state index is -0.650. The number of anilines is 5. The van der Waals surface area contributed by atoms with E-state index in [9.17, 15) is 9.90 Å². The lowest BCUT2D eigenvalue weighted by Gasteiger charge is -2.12. The summed E-state index contributed by atoms with van der Waals surface area (Å²) in [6.45, 7) is 0.618. The Morgan fingerprint density at radius 3 is 2.90 bits per heavy atom. The standard InChI is InChI=1S/C17H18N8O3.H2S/c18-15(27)12-7-20-17(25-16(12)23-10-4-21-22-5-10)24-9-1-2-14-13(3-9)19-6-11(26)8-28-14;/h1-5,7,11,19,26H,6,8H2,(H2,18,27)(H,21,22)(H2,20,23,24,25);1H2/t11-;/m0./s1. The average Bonchev–Trinajstić information content (AvgIpc) is 3.11. The van der Waals surface area contributed by atoms with Gasteiger partial charge in [-0.1, -0.05) is 0 Å². The Morgan fingerprint density at radius 1 is 1.28 bits per heavy atom. The van der Waals surface area contributed by atoms with Gasteiger partial charge >= 0.3 is 0 Å². The lowest BCUT2D eigenvalue weighted by Crippen LogP contribution is -2.23. The van der Waals surface area contributed by atoms with Crippen LogP contribution in [0.2, 0.25) is 0 Å². The Hall–Kier alpha value is -3.51. The Morgan fingerprint density at radius 2 is 2.14 bits per heavy atom. The Balaban J connectivity index is 0.00000240. The van der Waals surface area contributed by atoms with Gasteiger partial charge in [-0.2, -0.15) is 23.6 Å². The summed E-state index contributed by atoms with van der Waals surface area (Å²) in [7, 11) is 0. The number of hydrogen-bond acceptors (Lipinski definition) is 9. The summed E-state index contributed by atoms with van der Waals surface area (Å²) in [6.07, 6.45) is 3.94. The van der Waals surface area contributed by atoms with E-state index in [2.05, 4.69) is 36.1 Å². The molecule has 0 spiro atoms. The maximum Gasteiger partial charge on any atom is 0.254 e. The van der Waals surface area contributed by atoms with Gasteiger partial charge in [-0.25, -0.2) is 4.98 Å². The number of rotatable bonds is 5. The van der Waals surface area contributed by atoms with Gasteiger partial charge in [-0.15, -0.1) is 0 Å². The molecule has 0 unspecified atom stereocenters. The lowest BCUT2D eigenvalue weighted by molar-refractivity contribution is 0.100. The molecule has 0 saturated heterocycles. The highest BCUT2D eigenvalue weighted by atomic mass is 32.1. The van der Waals surface area contributed by atoms with Crippen molar-refractivity contribution in [3.63, 3.8) is 0 Å².